The molecule has 0 radical (unpaired) electrons. The molecule has 2 fully saturated rings. The maximum atomic E-state index is 13.0. The van der Waals surface area contributed by atoms with Gasteiger partial charge in [-0.1, -0.05) is 6.92 Å². The lowest BCUT2D eigenvalue weighted by Crippen LogP contribution is -2.47. The van der Waals surface area contributed by atoms with Gasteiger partial charge in [0.25, 0.3) is 0 Å². The highest BCUT2D eigenvalue weighted by Gasteiger charge is 2.43. The van der Waals surface area contributed by atoms with Gasteiger partial charge in [0, 0.05) is 30.1 Å². The van der Waals surface area contributed by atoms with Crippen LogP contribution in [0.25, 0.3) is 0 Å². The van der Waals surface area contributed by atoms with E-state index in [1.807, 2.05) is 17.9 Å². The SMILES string of the molecule is Cc1cc(CC2CN(C(=O)C3(C)CCN(C)CC3)CC2O)n[nH]1. The Morgan fingerprint density at radius 1 is 1.43 bits per heavy atom. The lowest BCUT2D eigenvalue weighted by molar-refractivity contribution is -0.143. The van der Waals surface area contributed by atoms with Gasteiger partial charge in [-0.3, -0.25) is 9.89 Å². The summed E-state index contributed by atoms with van der Waals surface area (Å²) in [6, 6.07) is 2.01. The second kappa shape index (κ2) is 6.24. The van der Waals surface area contributed by atoms with Gasteiger partial charge in [-0.15, -0.1) is 0 Å². The van der Waals surface area contributed by atoms with Crippen LogP contribution in [0, 0.1) is 18.3 Å². The fourth-order valence-electron chi connectivity index (χ4n) is 3.78. The van der Waals surface area contributed by atoms with Crippen LogP contribution in [-0.4, -0.2) is 70.3 Å². The van der Waals surface area contributed by atoms with Crippen LogP contribution < -0.4 is 0 Å². The summed E-state index contributed by atoms with van der Waals surface area (Å²) in [5.41, 5.74) is 1.72. The summed E-state index contributed by atoms with van der Waals surface area (Å²) in [7, 11) is 2.10. The molecule has 128 valence electrons. The number of hydrogen-bond acceptors (Lipinski definition) is 4. The third kappa shape index (κ3) is 3.43. The fourth-order valence-corrected chi connectivity index (χ4v) is 3.78. The summed E-state index contributed by atoms with van der Waals surface area (Å²) in [6.07, 6.45) is 2.07. The summed E-state index contributed by atoms with van der Waals surface area (Å²) in [5.74, 6) is 0.293. The number of likely N-dealkylation sites (tertiary alicyclic amines) is 2. The molecule has 2 aliphatic heterocycles. The number of aliphatic hydroxyl groups excluding tert-OH is 1. The van der Waals surface area contributed by atoms with Gasteiger partial charge in [-0.05, 0) is 52.4 Å². The van der Waals surface area contributed by atoms with Crippen molar-refractivity contribution in [3.05, 3.63) is 17.5 Å². The van der Waals surface area contributed by atoms with Crippen LogP contribution >= 0.6 is 0 Å². The van der Waals surface area contributed by atoms with Gasteiger partial charge in [-0.2, -0.15) is 5.10 Å². The highest BCUT2D eigenvalue weighted by atomic mass is 16.3. The number of piperidine rings is 1. The van der Waals surface area contributed by atoms with Crippen molar-refractivity contribution in [2.45, 2.75) is 39.2 Å². The van der Waals surface area contributed by atoms with Crippen molar-refractivity contribution >= 4 is 5.91 Å². The zero-order valence-electron chi connectivity index (χ0n) is 14.4. The van der Waals surface area contributed by atoms with Gasteiger partial charge >= 0.3 is 0 Å². The number of aliphatic hydroxyl groups is 1. The molecule has 1 aromatic heterocycles. The quantitative estimate of drug-likeness (QED) is 0.864. The van der Waals surface area contributed by atoms with Crippen LogP contribution in [0.3, 0.4) is 0 Å². The van der Waals surface area contributed by atoms with E-state index >= 15 is 0 Å². The number of rotatable bonds is 3. The van der Waals surface area contributed by atoms with E-state index in [-0.39, 0.29) is 17.2 Å². The molecule has 6 nitrogen and oxygen atoms in total. The molecular formula is C17H28N4O2. The second-order valence-electron chi connectivity index (χ2n) is 7.65. The first-order valence-corrected chi connectivity index (χ1v) is 8.54. The van der Waals surface area contributed by atoms with Gasteiger partial charge in [-0.25, -0.2) is 0 Å². The van der Waals surface area contributed by atoms with Crippen LogP contribution in [0.1, 0.15) is 31.2 Å². The molecular weight excluding hydrogens is 292 g/mol. The Hall–Kier alpha value is -1.40. The van der Waals surface area contributed by atoms with Crippen LogP contribution in [0.2, 0.25) is 0 Å². The minimum absolute atomic E-state index is 0.0801. The Morgan fingerprint density at radius 3 is 2.74 bits per heavy atom. The normalized spacial score (nSPS) is 28.3. The number of nitrogens with one attached hydrogen (secondary N) is 1. The van der Waals surface area contributed by atoms with Gasteiger partial charge in [0.15, 0.2) is 0 Å². The standard InChI is InChI=1S/C17H28N4O2/c1-12-8-14(19-18-12)9-13-10-21(11-15(13)22)16(23)17(2)4-6-20(3)7-5-17/h8,13,15,22H,4-7,9-11H2,1-3H3,(H,18,19). The summed E-state index contributed by atoms with van der Waals surface area (Å²) >= 11 is 0. The van der Waals surface area contributed by atoms with Crippen molar-refractivity contribution in [3.63, 3.8) is 0 Å². The second-order valence-corrected chi connectivity index (χ2v) is 7.65. The number of carbonyl (C=O) groups is 1. The molecule has 0 bridgehead atoms. The summed E-state index contributed by atoms with van der Waals surface area (Å²) in [4.78, 5) is 17.1. The molecule has 23 heavy (non-hydrogen) atoms. The first-order chi connectivity index (χ1) is 10.9. The molecule has 6 heteroatoms. The van der Waals surface area contributed by atoms with E-state index in [1.54, 1.807) is 0 Å². The van der Waals surface area contributed by atoms with Crippen molar-refractivity contribution in [1.82, 2.24) is 20.0 Å². The van der Waals surface area contributed by atoms with Crippen molar-refractivity contribution in [2.75, 3.05) is 33.2 Å². The summed E-state index contributed by atoms with van der Waals surface area (Å²) in [6.45, 7) is 7.08. The molecule has 1 amide bonds. The number of aromatic nitrogens is 2. The van der Waals surface area contributed by atoms with E-state index in [0.29, 0.717) is 13.1 Å². The minimum atomic E-state index is -0.453. The molecule has 2 aliphatic rings. The molecule has 2 saturated heterocycles. The number of nitrogens with zero attached hydrogens (tertiary/aromatic N) is 3. The first-order valence-electron chi connectivity index (χ1n) is 8.54. The van der Waals surface area contributed by atoms with Crippen LogP contribution in [0.15, 0.2) is 6.07 Å². The van der Waals surface area contributed by atoms with E-state index in [4.69, 9.17) is 0 Å². The molecule has 2 N–H and O–H groups in total. The lowest BCUT2D eigenvalue weighted by atomic mass is 9.79. The number of carbonyl (C=O) groups excluding carboxylic acids is 1. The molecule has 1 aromatic rings. The Labute approximate surface area is 137 Å². The average molecular weight is 320 g/mol. The number of H-pyrrole nitrogens is 1. The summed E-state index contributed by atoms with van der Waals surface area (Å²) < 4.78 is 0. The van der Waals surface area contributed by atoms with E-state index < -0.39 is 6.10 Å². The zero-order valence-corrected chi connectivity index (χ0v) is 14.4. The lowest BCUT2D eigenvalue weighted by Gasteiger charge is -2.39. The Bertz CT molecular complexity index is 563. The van der Waals surface area contributed by atoms with Gasteiger partial charge in [0.05, 0.1) is 11.8 Å². The van der Waals surface area contributed by atoms with Crippen molar-refractivity contribution in [2.24, 2.45) is 11.3 Å². The Kier molecular flexibility index (Phi) is 4.47. The van der Waals surface area contributed by atoms with Crippen LogP contribution in [0.4, 0.5) is 0 Å². The first kappa shape index (κ1) is 16.5. The van der Waals surface area contributed by atoms with Crippen LogP contribution in [-0.2, 0) is 11.2 Å². The van der Waals surface area contributed by atoms with Crippen molar-refractivity contribution in [1.29, 1.82) is 0 Å². The largest absolute Gasteiger partial charge is 0.391 e. The summed E-state index contributed by atoms with van der Waals surface area (Å²) in [5, 5.41) is 17.5. The van der Waals surface area contributed by atoms with E-state index in [0.717, 1.165) is 43.7 Å². The molecule has 0 spiro atoms. The Balaban J connectivity index is 1.62. The number of hydrogen-bond donors (Lipinski definition) is 2. The minimum Gasteiger partial charge on any atom is -0.391 e. The van der Waals surface area contributed by atoms with E-state index in [2.05, 4.69) is 29.1 Å². The third-order valence-electron chi connectivity index (χ3n) is 5.53. The number of aromatic amines is 1. The monoisotopic (exact) mass is 320 g/mol. The van der Waals surface area contributed by atoms with Crippen LogP contribution in [0.5, 0.6) is 0 Å². The molecule has 0 aliphatic carbocycles. The van der Waals surface area contributed by atoms with Gasteiger partial charge in [0.1, 0.15) is 0 Å². The van der Waals surface area contributed by atoms with Crippen molar-refractivity contribution in [3.8, 4) is 0 Å². The smallest absolute Gasteiger partial charge is 0.228 e. The molecule has 3 rings (SSSR count). The molecule has 3 heterocycles. The maximum Gasteiger partial charge on any atom is 0.228 e. The number of aryl methyl sites for hydroxylation is 1. The van der Waals surface area contributed by atoms with Crippen molar-refractivity contribution < 1.29 is 9.90 Å². The third-order valence-corrected chi connectivity index (χ3v) is 5.53. The molecule has 0 aromatic carbocycles. The number of amides is 1. The topological polar surface area (TPSA) is 72.5 Å². The molecule has 0 saturated carbocycles. The van der Waals surface area contributed by atoms with E-state index in [1.165, 1.54) is 0 Å². The predicted octanol–water partition coefficient (Wildman–Crippen LogP) is 0.812. The highest BCUT2D eigenvalue weighted by molar-refractivity contribution is 5.82. The molecule has 2 atom stereocenters. The fraction of sp³-hybridized carbons (Fsp3) is 0.765. The predicted molar refractivity (Wildman–Crippen MR) is 87.9 cm³/mol. The number of β-amino-alcohol motifs (C(OH)–C–C–N with tert-alkyl or cyclic N) is 1. The maximum absolute atomic E-state index is 13.0. The van der Waals surface area contributed by atoms with Gasteiger partial charge in [0.2, 0.25) is 5.91 Å². The average Bonchev–Trinajstić information content (AvgIpc) is 3.08. The zero-order chi connectivity index (χ0) is 16.6. The van der Waals surface area contributed by atoms with E-state index in [9.17, 15) is 9.90 Å². The van der Waals surface area contributed by atoms with Gasteiger partial charge < -0.3 is 14.9 Å². The highest BCUT2D eigenvalue weighted by Crippen LogP contribution is 2.34. The Morgan fingerprint density at radius 2 is 2.13 bits per heavy atom. The molecule has 2 unspecified atom stereocenters.